The Kier molecular flexibility index (Phi) is 10.1. The summed E-state index contributed by atoms with van der Waals surface area (Å²) in [6, 6.07) is 4.78. The normalized spacial score (nSPS) is 11.9. The Morgan fingerprint density at radius 2 is 1.80 bits per heavy atom. The molecule has 0 aliphatic heterocycles. The molecule has 0 saturated carbocycles. The molecule has 1 aromatic rings. The average molecular weight is 375 g/mol. The van der Waals surface area contributed by atoms with Crippen LogP contribution < -0.4 is 21.7 Å². The minimum atomic E-state index is -0.620. The summed E-state index contributed by atoms with van der Waals surface area (Å²) >= 11 is 0. The van der Waals surface area contributed by atoms with Crippen molar-refractivity contribution in [3.8, 4) is 0 Å². The van der Waals surface area contributed by atoms with Crippen LogP contribution in [0.25, 0.3) is 0 Å². The van der Waals surface area contributed by atoms with E-state index in [-0.39, 0.29) is 30.7 Å². The molecule has 0 bridgehead atoms. The number of hydrogen-bond acceptors (Lipinski definition) is 3. The molecule has 0 saturated heterocycles. The molecule has 3 amide bonds. The maximum atomic E-state index is 12.8. The van der Waals surface area contributed by atoms with Crippen molar-refractivity contribution < 1.29 is 14.0 Å². The second-order valence-electron chi connectivity index (χ2n) is 6.50. The van der Waals surface area contributed by atoms with Gasteiger partial charge in [0.1, 0.15) is 11.9 Å². The van der Waals surface area contributed by atoms with Crippen LogP contribution in [0.5, 0.6) is 0 Å². The van der Waals surface area contributed by atoms with Gasteiger partial charge in [-0.25, -0.2) is 9.18 Å². The van der Waals surface area contributed by atoms with E-state index >= 15 is 0 Å². The molecule has 142 valence electrons. The molecular weight excluding hydrogens is 347 g/mol. The first kappa shape index (κ1) is 23.1. The largest absolute Gasteiger partial charge is 0.352 e. The van der Waals surface area contributed by atoms with E-state index in [9.17, 15) is 14.0 Å². The van der Waals surface area contributed by atoms with Gasteiger partial charge in [0.25, 0.3) is 0 Å². The van der Waals surface area contributed by atoms with Crippen molar-refractivity contribution in [1.82, 2.24) is 16.0 Å². The quantitative estimate of drug-likeness (QED) is 0.560. The van der Waals surface area contributed by atoms with Crippen LogP contribution in [0, 0.1) is 5.82 Å². The summed E-state index contributed by atoms with van der Waals surface area (Å²) in [4.78, 5) is 24.1. The van der Waals surface area contributed by atoms with Crippen LogP contribution in [0.1, 0.15) is 39.2 Å². The minimum absolute atomic E-state index is 0. The molecule has 1 aromatic carbocycles. The average Bonchev–Trinajstić information content (AvgIpc) is 2.51. The number of amides is 3. The fourth-order valence-corrected chi connectivity index (χ4v) is 1.99. The molecule has 0 aliphatic rings. The molecule has 1 rings (SSSR count). The summed E-state index contributed by atoms with van der Waals surface area (Å²) in [6.45, 7) is 6.13. The molecule has 0 aliphatic carbocycles. The van der Waals surface area contributed by atoms with E-state index in [0.717, 1.165) is 12.0 Å². The lowest BCUT2D eigenvalue weighted by molar-refractivity contribution is -0.123. The van der Waals surface area contributed by atoms with E-state index in [0.29, 0.717) is 13.0 Å². The number of halogens is 2. The summed E-state index contributed by atoms with van der Waals surface area (Å²) in [7, 11) is 0. The van der Waals surface area contributed by atoms with Gasteiger partial charge in [0, 0.05) is 18.6 Å². The van der Waals surface area contributed by atoms with Gasteiger partial charge in [-0.1, -0.05) is 25.5 Å². The standard InChI is InChI=1S/C17H27FN4O2.ClH/c1-4-5-14(15(23)21-11-17(2,3)19)22-16(24)20-10-12-6-8-13(18)9-7-12;/h6-9,14H,4-5,10-11,19H2,1-3H3,(H,21,23)(H2,20,22,24);1H. The van der Waals surface area contributed by atoms with Crippen molar-refractivity contribution >= 4 is 24.3 Å². The highest BCUT2D eigenvalue weighted by molar-refractivity contribution is 5.87. The Bertz CT molecular complexity index is 547. The first-order valence-electron chi connectivity index (χ1n) is 8.06. The number of benzene rings is 1. The van der Waals surface area contributed by atoms with E-state index in [1.165, 1.54) is 12.1 Å². The van der Waals surface area contributed by atoms with Gasteiger partial charge in [0.2, 0.25) is 5.91 Å². The summed E-state index contributed by atoms with van der Waals surface area (Å²) in [5.41, 5.74) is 6.10. The highest BCUT2D eigenvalue weighted by Gasteiger charge is 2.21. The first-order chi connectivity index (χ1) is 11.2. The van der Waals surface area contributed by atoms with Crippen molar-refractivity contribution in [2.24, 2.45) is 5.73 Å². The second-order valence-corrected chi connectivity index (χ2v) is 6.50. The number of nitrogens with two attached hydrogens (primary N) is 1. The summed E-state index contributed by atoms with van der Waals surface area (Å²) < 4.78 is 12.8. The molecule has 1 unspecified atom stereocenters. The van der Waals surface area contributed by atoms with E-state index in [4.69, 9.17) is 5.73 Å². The third-order valence-electron chi connectivity index (χ3n) is 3.28. The lowest BCUT2D eigenvalue weighted by Crippen LogP contribution is -2.53. The van der Waals surface area contributed by atoms with Crippen molar-refractivity contribution in [2.75, 3.05) is 6.54 Å². The molecule has 0 heterocycles. The Balaban J connectivity index is 0.00000576. The highest BCUT2D eigenvalue weighted by atomic mass is 35.5. The zero-order chi connectivity index (χ0) is 18.2. The molecule has 0 aromatic heterocycles. The maximum absolute atomic E-state index is 12.8. The summed E-state index contributed by atoms with van der Waals surface area (Å²) in [5, 5.41) is 8.06. The van der Waals surface area contributed by atoms with Crippen LogP contribution in [0.3, 0.4) is 0 Å². The van der Waals surface area contributed by atoms with E-state index in [1.54, 1.807) is 12.1 Å². The van der Waals surface area contributed by atoms with Gasteiger partial charge in [-0.15, -0.1) is 12.4 Å². The SMILES string of the molecule is CCCC(NC(=O)NCc1ccc(F)cc1)C(=O)NCC(C)(C)N.Cl. The Labute approximate surface area is 154 Å². The predicted molar refractivity (Wildman–Crippen MR) is 99.0 cm³/mol. The molecule has 8 heteroatoms. The van der Waals surface area contributed by atoms with E-state index in [1.807, 2.05) is 20.8 Å². The Morgan fingerprint density at radius 1 is 1.20 bits per heavy atom. The lowest BCUT2D eigenvalue weighted by Gasteiger charge is -2.23. The number of carbonyl (C=O) groups excluding carboxylic acids is 2. The monoisotopic (exact) mass is 374 g/mol. The molecule has 0 fully saturated rings. The lowest BCUT2D eigenvalue weighted by atomic mass is 10.1. The topological polar surface area (TPSA) is 96.2 Å². The number of rotatable bonds is 8. The van der Waals surface area contributed by atoms with Gasteiger partial charge in [-0.3, -0.25) is 4.79 Å². The third kappa shape index (κ3) is 9.89. The van der Waals surface area contributed by atoms with Crippen molar-refractivity contribution in [2.45, 2.75) is 51.7 Å². The molecule has 25 heavy (non-hydrogen) atoms. The summed E-state index contributed by atoms with van der Waals surface area (Å²) in [5.74, 6) is -0.585. The van der Waals surface area contributed by atoms with E-state index < -0.39 is 17.6 Å². The Hall–Kier alpha value is -1.86. The van der Waals surface area contributed by atoms with Gasteiger partial charge in [-0.05, 0) is 38.0 Å². The van der Waals surface area contributed by atoms with Crippen molar-refractivity contribution in [1.29, 1.82) is 0 Å². The fraction of sp³-hybridized carbons (Fsp3) is 0.529. The van der Waals surface area contributed by atoms with Crippen LogP contribution in [0.15, 0.2) is 24.3 Å². The second kappa shape index (κ2) is 10.9. The fourth-order valence-electron chi connectivity index (χ4n) is 1.99. The van der Waals surface area contributed by atoms with Crippen molar-refractivity contribution in [3.63, 3.8) is 0 Å². The minimum Gasteiger partial charge on any atom is -0.352 e. The molecule has 0 spiro atoms. The van der Waals surface area contributed by atoms with Crippen LogP contribution in [-0.4, -0.2) is 30.1 Å². The smallest absolute Gasteiger partial charge is 0.315 e. The third-order valence-corrected chi connectivity index (χ3v) is 3.28. The zero-order valence-corrected chi connectivity index (χ0v) is 15.7. The molecule has 6 nitrogen and oxygen atoms in total. The van der Waals surface area contributed by atoms with Gasteiger partial charge in [-0.2, -0.15) is 0 Å². The number of carbonyl (C=O) groups is 2. The molecule has 0 radical (unpaired) electrons. The molecule has 1 atom stereocenters. The molecule has 5 N–H and O–H groups in total. The first-order valence-corrected chi connectivity index (χ1v) is 8.06. The maximum Gasteiger partial charge on any atom is 0.315 e. The van der Waals surface area contributed by atoms with Gasteiger partial charge < -0.3 is 21.7 Å². The van der Waals surface area contributed by atoms with E-state index in [2.05, 4.69) is 16.0 Å². The summed E-state index contributed by atoms with van der Waals surface area (Å²) in [6.07, 6.45) is 1.28. The Morgan fingerprint density at radius 3 is 2.32 bits per heavy atom. The highest BCUT2D eigenvalue weighted by Crippen LogP contribution is 2.03. The van der Waals surface area contributed by atoms with Crippen LogP contribution in [0.4, 0.5) is 9.18 Å². The number of nitrogens with one attached hydrogen (secondary N) is 3. The number of hydrogen-bond donors (Lipinski definition) is 4. The molecular formula is C17H28ClFN4O2. The van der Waals surface area contributed by atoms with Gasteiger partial charge in [0.05, 0.1) is 0 Å². The van der Waals surface area contributed by atoms with Crippen LogP contribution in [-0.2, 0) is 11.3 Å². The van der Waals surface area contributed by atoms with Gasteiger partial charge >= 0.3 is 6.03 Å². The number of urea groups is 1. The zero-order valence-electron chi connectivity index (χ0n) is 14.9. The van der Waals surface area contributed by atoms with Crippen LogP contribution >= 0.6 is 12.4 Å². The van der Waals surface area contributed by atoms with Crippen LogP contribution in [0.2, 0.25) is 0 Å². The van der Waals surface area contributed by atoms with Crippen molar-refractivity contribution in [3.05, 3.63) is 35.6 Å². The predicted octanol–water partition coefficient (Wildman–Crippen LogP) is 2.07. The van der Waals surface area contributed by atoms with Gasteiger partial charge in [0.15, 0.2) is 0 Å².